The van der Waals surface area contributed by atoms with Crippen molar-refractivity contribution < 1.29 is 17.9 Å². The van der Waals surface area contributed by atoms with Gasteiger partial charge in [0.1, 0.15) is 11.9 Å². The van der Waals surface area contributed by atoms with Crippen molar-refractivity contribution in [3.05, 3.63) is 59.3 Å². The maximum absolute atomic E-state index is 13.1. The van der Waals surface area contributed by atoms with E-state index in [1.165, 1.54) is 25.0 Å². The Morgan fingerprint density at radius 1 is 1.18 bits per heavy atom. The molecule has 2 aliphatic heterocycles. The van der Waals surface area contributed by atoms with Gasteiger partial charge in [0.15, 0.2) is 5.96 Å². The van der Waals surface area contributed by atoms with Crippen LogP contribution in [0, 0.1) is 0 Å². The fourth-order valence-electron chi connectivity index (χ4n) is 4.16. The van der Waals surface area contributed by atoms with Gasteiger partial charge in [-0.05, 0) is 48.2 Å². The van der Waals surface area contributed by atoms with Gasteiger partial charge in [-0.1, -0.05) is 12.1 Å². The molecular weight excluding hydrogens is 546 g/mol. The molecule has 2 aliphatic rings. The molecule has 0 spiro atoms. The van der Waals surface area contributed by atoms with E-state index in [1.54, 1.807) is 13.1 Å². The number of hydrogen-bond donors (Lipinski definition) is 1. The average molecular weight is 575 g/mol. The number of anilines is 1. The molecule has 1 atom stereocenters. The number of hydrogen-bond acceptors (Lipinski definition) is 4. The van der Waals surface area contributed by atoms with E-state index in [4.69, 9.17) is 4.74 Å². The largest absolute Gasteiger partial charge is 0.416 e. The Morgan fingerprint density at radius 3 is 2.70 bits per heavy atom. The van der Waals surface area contributed by atoms with Crippen LogP contribution in [0.1, 0.15) is 35.6 Å². The summed E-state index contributed by atoms with van der Waals surface area (Å²) < 4.78 is 45.1. The molecule has 6 nitrogen and oxygen atoms in total. The van der Waals surface area contributed by atoms with Gasteiger partial charge in [0.05, 0.1) is 18.7 Å². The number of benzene rings is 1. The summed E-state index contributed by atoms with van der Waals surface area (Å²) in [7, 11) is 1.71. The zero-order valence-corrected chi connectivity index (χ0v) is 20.8. The second-order valence-electron chi connectivity index (χ2n) is 8.05. The number of nitrogens with zero attached hydrogens (tertiary/aromatic N) is 4. The molecule has 3 heterocycles. The van der Waals surface area contributed by atoms with Gasteiger partial charge in [-0.3, -0.25) is 4.99 Å². The van der Waals surface area contributed by atoms with Gasteiger partial charge in [0, 0.05) is 39.4 Å². The number of ether oxygens (including phenoxy) is 1. The number of rotatable bonds is 4. The van der Waals surface area contributed by atoms with Crippen LogP contribution in [0.4, 0.5) is 19.0 Å². The summed E-state index contributed by atoms with van der Waals surface area (Å²) in [5.74, 6) is 1.69. The predicted molar refractivity (Wildman–Crippen MR) is 133 cm³/mol. The molecule has 1 aromatic heterocycles. The molecule has 2 fully saturated rings. The van der Waals surface area contributed by atoms with E-state index in [2.05, 4.69) is 26.3 Å². The van der Waals surface area contributed by atoms with Gasteiger partial charge in [0.25, 0.3) is 0 Å². The Labute approximate surface area is 209 Å². The molecule has 0 radical (unpaired) electrons. The minimum atomic E-state index is -4.37. The topological polar surface area (TPSA) is 53.0 Å². The normalized spacial score (nSPS) is 19.4. The van der Waals surface area contributed by atoms with Crippen molar-refractivity contribution in [3.63, 3.8) is 0 Å². The van der Waals surface area contributed by atoms with Crippen LogP contribution in [0.25, 0.3) is 0 Å². The zero-order valence-electron chi connectivity index (χ0n) is 18.5. The monoisotopic (exact) mass is 575 g/mol. The number of halogens is 4. The molecule has 1 unspecified atom stereocenters. The Balaban J connectivity index is 0.00000306. The van der Waals surface area contributed by atoms with E-state index in [1.807, 2.05) is 17.2 Å². The number of aromatic nitrogens is 1. The second kappa shape index (κ2) is 11.4. The van der Waals surface area contributed by atoms with Gasteiger partial charge in [0.2, 0.25) is 0 Å². The Hall–Kier alpha value is -2.08. The third-order valence-electron chi connectivity index (χ3n) is 5.85. The number of morpholine rings is 1. The smallest absolute Gasteiger partial charge is 0.370 e. The van der Waals surface area contributed by atoms with Crippen molar-refractivity contribution in [2.75, 3.05) is 44.7 Å². The van der Waals surface area contributed by atoms with E-state index in [0.29, 0.717) is 37.8 Å². The molecule has 180 valence electrons. The van der Waals surface area contributed by atoms with Crippen LogP contribution in [0.2, 0.25) is 0 Å². The fourth-order valence-corrected chi connectivity index (χ4v) is 4.16. The minimum absolute atomic E-state index is 0. The Kier molecular flexibility index (Phi) is 8.80. The molecule has 10 heteroatoms. The first-order valence-corrected chi connectivity index (χ1v) is 10.9. The van der Waals surface area contributed by atoms with Gasteiger partial charge in [-0.2, -0.15) is 13.2 Å². The molecule has 2 saturated heterocycles. The number of alkyl halides is 3. The predicted octanol–water partition coefficient (Wildman–Crippen LogP) is 4.47. The number of pyridine rings is 1. The summed E-state index contributed by atoms with van der Waals surface area (Å²) in [5.41, 5.74) is 0.958. The van der Waals surface area contributed by atoms with Crippen LogP contribution in [0.5, 0.6) is 0 Å². The SMILES string of the molecule is CN=C(NCc1ccnc(N2CCCC2)c1)N1CCOC(c2cccc(C(F)(F)F)c2)C1.I. The van der Waals surface area contributed by atoms with Gasteiger partial charge in [-0.15, -0.1) is 24.0 Å². The van der Waals surface area contributed by atoms with Gasteiger partial charge in [-0.25, -0.2) is 4.98 Å². The Morgan fingerprint density at radius 2 is 1.97 bits per heavy atom. The van der Waals surface area contributed by atoms with Crippen LogP contribution in [0.15, 0.2) is 47.6 Å². The number of aliphatic imine (C=N–C) groups is 1. The minimum Gasteiger partial charge on any atom is -0.370 e. The summed E-state index contributed by atoms with van der Waals surface area (Å²) in [5, 5.41) is 3.37. The summed E-state index contributed by atoms with van der Waals surface area (Å²) >= 11 is 0. The third kappa shape index (κ3) is 6.50. The number of guanidine groups is 1. The maximum Gasteiger partial charge on any atom is 0.416 e. The first-order valence-electron chi connectivity index (χ1n) is 10.9. The molecule has 4 rings (SSSR count). The van der Waals surface area contributed by atoms with Crippen molar-refractivity contribution in [2.45, 2.75) is 31.7 Å². The average Bonchev–Trinajstić information content (AvgIpc) is 3.35. The molecule has 1 aromatic carbocycles. The van der Waals surface area contributed by atoms with Crippen LogP contribution in [-0.2, 0) is 17.5 Å². The lowest BCUT2D eigenvalue weighted by Gasteiger charge is -2.35. The molecule has 2 aromatic rings. The second-order valence-corrected chi connectivity index (χ2v) is 8.05. The standard InChI is InChI=1S/C23H28F3N5O.HI/c1-27-22(29-15-17-7-8-28-21(13-17)30-9-2-3-10-30)31-11-12-32-20(16-31)18-5-4-6-19(14-18)23(24,25)26;/h4-8,13-14,20H,2-3,9-12,15-16H2,1H3,(H,27,29);1H. The van der Waals surface area contributed by atoms with Gasteiger partial charge < -0.3 is 19.9 Å². The van der Waals surface area contributed by atoms with Crippen molar-refractivity contribution >= 4 is 35.8 Å². The third-order valence-corrected chi connectivity index (χ3v) is 5.85. The van der Waals surface area contributed by atoms with E-state index in [0.717, 1.165) is 30.5 Å². The lowest BCUT2D eigenvalue weighted by molar-refractivity contribution is -0.137. The van der Waals surface area contributed by atoms with Crippen molar-refractivity contribution in [1.82, 2.24) is 15.2 Å². The van der Waals surface area contributed by atoms with Crippen LogP contribution in [0.3, 0.4) is 0 Å². The maximum atomic E-state index is 13.1. The van der Waals surface area contributed by atoms with Crippen molar-refractivity contribution in [3.8, 4) is 0 Å². The van der Waals surface area contributed by atoms with E-state index >= 15 is 0 Å². The molecule has 0 saturated carbocycles. The number of nitrogens with one attached hydrogen (secondary N) is 1. The van der Waals surface area contributed by atoms with Crippen LogP contribution >= 0.6 is 24.0 Å². The molecule has 33 heavy (non-hydrogen) atoms. The highest BCUT2D eigenvalue weighted by Gasteiger charge is 2.32. The quantitative estimate of drug-likeness (QED) is 0.332. The van der Waals surface area contributed by atoms with Crippen molar-refractivity contribution in [1.29, 1.82) is 0 Å². The van der Waals surface area contributed by atoms with Crippen LogP contribution < -0.4 is 10.2 Å². The summed E-state index contributed by atoms with van der Waals surface area (Å²) in [6.45, 7) is 4.12. The van der Waals surface area contributed by atoms with Crippen LogP contribution in [-0.4, -0.2) is 55.7 Å². The molecule has 0 aliphatic carbocycles. The highest BCUT2D eigenvalue weighted by atomic mass is 127. The summed E-state index contributed by atoms with van der Waals surface area (Å²) in [4.78, 5) is 13.2. The molecule has 1 N–H and O–H groups in total. The molecule has 0 bridgehead atoms. The highest BCUT2D eigenvalue weighted by molar-refractivity contribution is 14.0. The highest BCUT2D eigenvalue weighted by Crippen LogP contribution is 2.32. The zero-order chi connectivity index (χ0) is 22.6. The summed E-state index contributed by atoms with van der Waals surface area (Å²) in [6, 6.07) is 9.42. The fraction of sp³-hybridized carbons (Fsp3) is 0.478. The first kappa shape index (κ1) is 25.5. The van der Waals surface area contributed by atoms with Gasteiger partial charge >= 0.3 is 6.18 Å². The summed E-state index contributed by atoms with van der Waals surface area (Å²) in [6.07, 6.45) is -0.610. The first-order chi connectivity index (χ1) is 15.4. The van der Waals surface area contributed by atoms with E-state index in [-0.39, 0.29) is 24.0 Å². The molecule has 0 amide bonds. The Bertz CT molecular complexity index is 950. The van der Waals surface area contributed by atoms with E-state index < -0.39 is 17.8 Å². The lowest BCUT2D eigenvalue weighted by Crippen LogP contribution is -2.48. The molecular formula is C23H29F3IN5O. The lowest BCUT2D eigenvalue weighted by atomic mass is 10.0. The van der Waals surface area contributed by atoms with E-state index in [9.17, 15) is 13.2 Å². The van der Waals surface area contributed by atoms with Crippen molar-refractivity contribution in [2.24, 2.45) is 4.99 Å².